The first kappa shape index (κ1) is 21.5. The van der Waals surface area contributed by atoms with Crippen molar-refractivity contribution in [3.8, 4) is 5.75 Å². The van der Waals surface area contributed by atoms with Gasteiger partial charge >= 0.3 is 0 Å². The van der Waals surface area contributed by atoms with E-state index in [2.05, 4.69) is 4.90 Å². The fraction of sp³-hybridized carbons (Fsp3) is 0.667. The minimum absolute atomic E-state index is 0.116. The molecule has 0 N–H and O–H groups in total. The van der Waals surface area contributed by atoms with Crippen LogP contribution in [0, 0.1) is 0 Å². The van der Waals surface area contributed by atoms with Gasteiger partial charge in [0, 0.05) is 39.3 Å². The number of rotatable bonds is 8. The maximum absolute atomic E-state index is 13.2. The van der Waals surface area contributed by atoms with Crippen LogP contribution in [0.15, 0.2) is 24.3 Å². The SMILES string of the molecule is COc1ccc(C2(C(=O)N3CC(N(CCN4CCOCC4)S(C)(=O)=O)C3)CC2)cc1. The Labute approximate surface area is 178 Å². The predicted octanol–water partition coefficient (Wildman–Crippen LogP) is 0.531. The van der Waals surface area contributed by atoms with Crippen LogP contribution in [0.3, 0.4) is 0 Å². The van der Waals surface area contributed by atoms with Gasteiger partial charge in [0.15, 0.2) is 0 Å². The van der Waals surface area contributed by atoms with Crippen LogP contribution in [0.5, 0.6) is 5.75 Å². The number of nitrogens with zero attached hydrogens (tertiary/aromatic N) is 3. The second-order valence-corrected chi connectivity index (χ2v) is 10.4. The van der Waals surface area contributed by atoms with Crippen molar-refractivity contribution in [2.24, 2.45) is 0 Å². The summed E-state index contributed by atoms with van der Waals surface area (Å²) in [6.45, 7) is 5.12. The summed E-state index contributed by atoms with van der Waals surface area (Å²) in [5, 5.41) is 0. The number of methoxy groups -OCH3 is 1. The van der Waals surface area contributed by atoms with Gasteiger partial charge in [-0.1, -0.05) is 12.1 Å². The third kappa shape index (κ3) is 4.34. The molecule has 4 rings (SSSR count). The van der Waals surface area contributed by atoms with Gasteiger partial charge in [-0.2, -0.15) is 4.31 Å². The Morgan fingerprint density at radius 2 is 1.83 bits per heavy atom. The van der Waals surface area contributed by atoms with E-state index in [1.54, 1.807) is 11.4 Å². The van der Waals surface area contributed by atoms with E-state index in [4.69, 9.17) is 9.47 Å². The fourth-order valence-electron chi connectivity index (χ4n) is 4.45. The first-order valence-corrected chi connectivity index (χ1v) is 12.4. The molecule has 0 unspecified atom stereocenters. The normalized spacial score (nSPS) is 22.0. The molecule has 0 radical (unpaired) electrons. The Balaban J connectivity index is 1.36. The Bertz CT molecular complexity index is 857. The first-order valence-electron chi connectivity index (χ1n) is 10.5. The molecule has 1 aromatic carbocycles. The van der Waals surface area contributed by atoms with Crippen LogP contribution in [0.2, 0.25) is 0 Å². The molecule has 0 spiro atoms. The average molecular weight is 438 g/mol. The molecule has 3 fully saturated rings. The standard InChI is InChI=1S/C21H31N3O5S/c1-28-19-5-3-17(4-6-19)21(7-8-21)20(25)23-15-18(16-23)24(30(2,26)27)10-9-22-11-13-29-14-12-22/h3-6,18H,7-16H2,1-2H3. The van der Waals surface area contributed by atoms with E-state index in [1.165, 1.54) is 6.26 Å². The highest BCUT2D eigenvalue weighted by atomic mass is 32.2. The highest BCUT2D eigenvalue weighted by molar-refractivity contribution is 7.88. The van der Waals surface area contributed by atoms with Crippen LogP contribution in [0.4, 0.5) is 0 Å². The van der Waals surface area contributed by atoms with Crippen molar-refractivity contribution in [3.63, 3.8) is 0 Å². The molecule has 1 amide bonds. The third-order valence-corrected chi connectivity index (χ3v) is 7.86. The number of ether oxygens (including phenoxy) is 2. The summed E-state index contributed by atoms with van der Waals surface area (Å²) in [6, 6.07) is 7.56. The lowest BCUT2D eigenvalue weighted by Crippen LogP contribution is -2.64. The lowest BCUT2D eigenvalue weighted by molar-refractivity contribution is -0.140. The smallest absolute Gasteiger partial charge is 0.233 e. The van der Waals surface area contributed by atoms with Crippen molar-refractivity contribution >= 4 is 15.9 Å². The molecule has 166 valence electrons. The van der Waals surface area contributed by atoms with E-state index in [1.807, 2.05) is 29.2 Å². The Kier molecular flexibility index (Phi) is 6.07. The topological polar surface area (TPSA) is 79.4 Å². The number of hydrogen-bond acceptors (Lipinski definition) is 6. The quantitative estimate of drug-likeness (QED) is 0.590. The molecule has 1 aliphatic carbocycles. The van der Waals surface area contributed by atoms with E-state index < -0.39 is 15.4 Å². The Hall–Kier alpha value is -1.68. The number of likely N-dealkylation sites (tertiary alicyclic amines) is 1. The van der Waals surface area contributed by atoms with Crippen LogP contribution in [0.1, 0.15) is 18.4 Å². The van der Waals surface area contributed by atoms with Crippen molar-refractivity contribution in [1.29, 1.82) is 0 Å². The summed E-state index contributed by atoms with van der Waals surface area (Å²) in [7, 11) is -1.71. The number of hydrogen-bond donors (Lipinski definition) is 0. The van der Waals surface area contributed by atoms with Crippen molar-refractivity contribution < 1.29 is 22.7 Å². The fourth-order valence-corrected chi connectivity index (χ4v) is 5.54. The van der Waals surface area contributed by atoms with Crippen LogP contribution < -0.4 is 4.74 Å². The van der Waals surface area contributed by atoms with E-state index in [0.29, 0.717) is 39.4 Å². The number of carbonyl (C=O) groups excluding carboxylic acids is 1. The molecular weight excluding hydrogens is 406 g/mol. The molecule has 3 aliphatic rings. The minimum Gasteiger partial charge on any atom is -0.497 e. The molecule has 2 aliphatic heterocycles. The molecular formula is C21H31N3O5S. The average Bonchev–Trinajstić information content (AvgIpc) is 3.51. The van der Waals surface area contributed by atoms with Gasteiger partial charge in [-0.15, -0.1) is 0 Å². The monoisotopic (exact) mass is 437 g/mol. The van der Waals surface area contributed by atoms with Gasteiger partial charge in [-0.05, 0) is 30.5 Å². The molecule has 30 heavy (non-hydrogen) atoms. The number of amides is 1. The van der Waals surface area contributed by atoms with Gasteiger partial charge < -0.3 is 14.4 Å². The molecule has 9 heteroatoms. The van der Waals surface area contributed by atoms with Gasteiger partial charge in [-0.25, -0.2) is 8.42 Å². The summed E-state index contributed by atoms with van der Waals surface area (Å²) in [6.07, 6.45) is 2.94. The molecule has 8 nitrogen and oxygen atoms in total. The van der Waals surface area contributed by atoms with Crippen LogP contribution in [-0.2, 0) is 25.0 Å². The van der Waals surface area contributed by atoms with Crippen LogP contribution in [0.25, 0.3) is 0 Å². The van der Waals surface area contributed by atoms with E-state index in [9.17, 15) is 13.2 Å². The zero-order valence-corrected chi connectivity index (χ0v) is 18.6. The van der Waals surface area contributed by atoms with Crippen molar-refractivity contribution in [3.05, 3.63) is 29.8 Å². The summed E-state index contributed by atoms with van der Waals surface area (Å²) >= 11 is 0. The maximum Gasteiger partial charge on any atom is 0.233 e. The number of benzene rings is 1. The number of morpholine rings is 1. The molecule has 0 atom stereocenters. The Morgan fingerprint density at radius 1 is 1.20 bits per heavy atom. The molecule has 2 saturated heterocycles. The van der Waals surface area contributed by atoms with Gasteiger partial charge in [0.1, 0.15) is 5.75 Å². The molecule has 2 heterocycles. The maximum atomic E-state index is 13.2. The largest absolute Gasteiger partial charge is 0.497 e. The van der Waals surface area contributed by atoms with Gasteiger partial charge in [0.2, 0.25) is 15.9 Å². The van der Waals surface area contributed by atoms with E-state index in [0.717, 1.165) is 37.2 Å². The molecule has 0 aromatic heterocycles. The van der Waals surface area contributed by atoms with Crippen molar-refractivity contribution in [1.82, 2.24) is 14.1 Å². The third-order valence-electron chi connectivity index (χ3n) is 6.53. The summed E-state index contributed by atoms with van der Waals surface area (Å²) in [4.78, 5) is 17.2. The second kappa shape index (κ2) is 8.45. The molecule has 1 aromatic rings. The summed E-state index contributed by atoms with van der Waals surface area (Å²) in [5.41, 5.74) is 0.574. The Morgan fingerprint density at radius 3 is 2.37 bits per heavy atom. The van der Waals surface area contributed by atoms with E-state index >= 15 is 0 Å². The predicted molar refractivity (Wildman–Crippen MR) is 113 cm³/mol. The number of sulfonamides is 1. The lowest BCUT2D eigenvalue weighted by Gasteiger charge is -2.46. The highest BCUT2D eigenvalue weighted by Gasteiger charge is 2.55. The zero-order valence-electron chi connectivity index (χ0n) is 17.7. The van der Waals surface area contributed by atoms with Crippen LogP contribution in [-0.4, -0.2) is 100 Å². The van der Waals surface area contributed by atoms with Gasteiger partial charge in [0.25, 0.3) is 0 Å². The second-order valence-electron chi connectivity index (χ2n) is 8.50. The lowest BCUT2D eigenvalue weighted by atomic mass is 9.92. The summed E-state index contributed by atoms with van der Waals surface area (Å²) < 4.78 is 36.9. The van der Waals surface area contributed by atoms with Gasteiger partial charge in [0.05, 0.1) is 38.0 Å². The number of carbonyl (C=O) groups is 1. The first-order chi connectivity index (χ1) is 14.3. The van der Waals surface area contributed by atoms with Crippen molar-refractivity contribution in [2.45, 2.75) is 24.3 Å². The highest BCUT2D eigenvalue weighted by Crippen LogP contribution is 2.50. The van der Waals surface area contributed by atoms with Crippen LogP contribution >= 0.6 is 0 Å². The van der Waals surface area contributed by atoms with Gasteiger partial charge in [-0.3, -0.25) is 9.69 Å². The van der Waals surface area contributed by atoms with E-state index in [-0.39, 0.29) is 11.9 Å². The summed E-state index contributed by atoms with van der Waals surface area (Å²) in [5.74, 6) is 0.889. The minimum atomic E-state index is -3.33. The molecule has 0 bridgehead atoms. The van der Waals surface area contributed by atoms with Crippen molar-refractivity contribution in [2.75, 3.05) is 65.8 Å². The zero-order chi connectivity index (χ0) is 21.4. The molecule has 1 saturated carbocycles.